The minimum atomic E-state index is -2.33. The van der Waals surface area contributed by atoms with Gasteiger partial charge in [-0.25, -0.2) is 0 Å². The van der Waals surface area contributed by atoms with Gasteiger partial charge >= 0.3 is 138 Å². The summed E-state index contributed by atoms with van der Waals surface area (Å²) in [5.41, 5.74) is 0. The SMILES string of the molecule is Clc1cc(Br)cc2c1OCO2.O=C([O-])[O-].[Cs+].[Cs+]. The summed E-state index contributed by atoms with van der Waals surface area (Å²) in [7, 11) is 0. The second-order valence-electron chi connectivity index (χ2n) is 2.37. The van der Waals surface area contributed by atoms with Crippen LogP contribution in [0.3, 0.4) is 0 Å². The molecule has 0 unspecified atom stereocenters. The summed E-state index contributed by atoms with van der Waals surface area (Å²) in [5, 5.41) is 17.2. The molecular weight excluding hydrogens is 557 g/mol. The summed E-state index contributed by atoms with van der Waals surface area (Å²) in [4.78, 5) is 8.33. The van der Waals surface area contributed by atoms with E-state index in [9.17, 15) is 0 Å². The normalized spacial score (nSPS) is 10.2. The standard InChI is InChI=1S/C7H4BrClO2.CH2O3.2Cs/c8-4-1-5(9)7-6(2-4)10-3-11-7;2-1(3)4;;/h1-2H,3H2;(H2,2,3,4);;/q;;2*+1/p-2. The molecule has 0 saturated carbocycles. The van der Waals surface area contributed by atoms with E-state index in [2.05, 4.69) is 15.9 Å². The molecule has 0 fully saturated rings. The Morgan fingerprint density at radius 3 is 2.35 bits per heavy atom. The predicted molar refractivity (Wildman–Crippen MR) is 50.7 cm³/mol. The van der Waals surface area contributed by atoms with Gasteiger partial charge in [0.1, 0.15) is 0 Å². The van der Waals surface area contributed by atoms with Crippen LogP contribution in [0.5, 0.6) is 11.5 Å². The van der Waals surface area contributed by atoms with E-state index in [4.69, 9.17) is 36.1 Å². The Kier molecular flexibility index (Phi) is 15.2. The molecule has 0 saturated heterocycles. The van der Waals surface area contributed by atoms with Gasteiger partial charge in [0.15, 0.2) is 11.5 Å². The maximum Gasteiger partial charge on any atom is 1.00 e. The number of carbonyl (C=O) groups is 1. The van der Waals surface area contributed by atoms with Gasteiger partial charge in [-0.2, -0.15) is 0 Å². The summed E-state index contributed by atoms with van der Waals surface area (Å²) in [6, 6.07) is 3.60. The second-order valence-corrected chi connectivity index (χ2v) is 3.69. The van der Waals surface area contributed by atoms with Crippen molar-refractivity contribution in [2.45, 2.75) is 0 Å². The third-order valence-electron chi connectivity index (χ3n) is 1.39. The molecular formula is C8H4BrClCs2O5. The van der Waals surface area contributed by atoms with Gasteiger partial charge in [-0.1, -0.05) is 27.5 Å². The van der Waals surface area contributed by atoms with E-state index < -0.39 is 6.16 Å². The van der Waals surface area contributed by atoms with Crippen LogP contribution in [0.4, 0.5) is 4.79 Å². The molecule has 9 heteroatoms. The number of hydrogen-bond acceptors (Lipinski definition) is 5. The van der Waals surface area contributed by atoms with E-state index in [1.165, 1.54) is 0 Å². The number of hydrogen-bond donors (Lipinski definition) is 0. The molecule has 2 rings (SSSR count). The van der Waals surface area contributed by atoms with E-state index in [0.29, 0.717) is 16.5 Å². The number of halogens is 2. The van der Waals surface area contributed by atoms with Crippen molar-refractivity contribution < 1.29 is 162 Å². The van der Waals surface area contributed by atoms with E-state index in [1.807, 2.05) is 6.07 Å². The van der Waals surface area contributed by atoms with Crippen molar-refractivity contribution in [3.8, 4) is 11.5 Å². The van der Waals surface area contributed by atoms with Crippen molar-refractivity contribution in [1.29, 1.82) is 0 Å². The Bertz CT molecular complexity index is 386. The molecule has 1 aromatic rings. The molecule has 0 aromatic heterocycles. The average molecular weight is 561 g/mol. The molecule has 1 aliphatic heterocycles. The Labute approximate surface area is 229 Å². The third kappa shape index (κ3) is 8.76. The van der Waals surface area contributed by atoms with Crippen molar-refractivity contribution in [3.63, 3.8) is 0 Å². The topological polar surface area (TPSA) is 81.7 Å². The first-order valence-electron chi connectivity index (χ1n) is 3.63. The van der Waals surface area contributed by atoms with Crippen LogP contribution >= 0.6 is 27.5 Å². The van der Waals surface area contributed by atoms with Crippen LogP contribution in [0, 0.1) is 0 Å². The van der Waals surface area contributed by atoms with Crippen molar-refractivity contribution >= 4 is 33.7 Å². The fraction of sp³-hybridized carbons (Fsp3) is 0.125. The van der Waals surface area contributed by atoms with Crippen LogP contribution in [-0.2, 0) is 0 Å². The summed E-state index contributed by atoms with van der Waals surface area (Å²) in [6.07, 6.45) is -2.33. The van der Waals surface area contributed by atoms with Crippen LogP contribution < -0.4 is 157 Å². The number of carboxylic acid groups (broad SMARTS) is 2. The molecule has 1 heterocycles. The maximum atomic E-state index is 8.33. The zero-order valence-corrected chi connectivity index (χ0v) is 24.1. The van der Waals surface area contributed by atoms with E-state index in [1.54, 1.807) is 6.07 Å². The number of rotatable bonds is 0. The quantitative estimate of drug-likeness (QED) is 0.316. The maximum absolute atomic E-state index is 8.33. The first-order chi connectivity index (χ1) is 7.00. The molecule has 82 valence electrons. The first-order valence-corrected chi connectivity index (χ1v) is 4.80. The molecule has 0 N–H and O–H groups in total. The van der Waals surface area contributed by atoms with Gasteiger partial charge in [0.25, 0.3) is 0 Å². The molecule has 17 heavy (non-hydrogen) atoms. The monoisotopic (exact) mass is 560 g/mol. The minimum Gasteiger partial charge on any atom is -0.652 e. The molecule has 0 spiro atoms. The number of benzene rings is 1. The van der Waals surface area contributed by atoms with Crippen molar-refractivity contribution in [2.24, 2.45) is 0 Å². The zero-order chi connectivity index (χ0) is 11.4. The molecule has 0 radical (unpaired) electrons. The Morgan fingerprint density at radius 2 is 1.82 bits per heavy atom. The van der Waals surface area contributed by atoms with Gasteiger partial charge in [0.2, 0.25) is 6.79 Å². The summed E-state index contributed by atoms with van der Waals surface area (Å²) >= 11 is 9.14. The van der Waals surface area contributed by atoms with Crippen LogP contribution in [0.25, 0.3) is 0 Å². The molecule has 0 atom stereocenters. The van der Waals surface area contributed by atoms with Gasteiger partial charge in [0, 0.05) is 4.47 Å². The largest absolute Gasteiger partial charge is 1.00 e. The van der Waals surface area contributed by atoms with Crippen LogP contribution in [0.1, 0.15) is 0 Å². The van der Waals surface area contributed by atoms with E-state index >= 15 is 0 Å². The summed E-state index contributed by atoms with van der Waals surface area (Å²) in [6.45, 7) is 0.255. The Hall–Kier alpha value is 2.96. The van der Waals surface area contributed by atoms with Crippen molar-refractivity contribution in [3.05, 3.63) is 21.6 Å². The zero-order valence-electron chi connectivity index (χ0n) is 9.16. The number of carbonyl (C=O) groups excluding carboxylic acids is 1. The van der Waals surface area contributed by atoms with Gasteiger partial charge in [-0.05, 0) is 18.3 Å². The summed E-state index contributed by atoms with van der Waals surface area (Å²) in [5.74, 6) is 1.33. The van der Waals surface area contributed by atoms with Gasteiger partial charge in [-0.3, -0.25) is 0 Å². The first kappa shape index (κ1) is 22.2. The molecule has 1 aromatic carbocycles. The number of fused-ring (bicyclic) bond motifs is 1. The smallest absolute Gasteiger partial charge is 0.652 e. The van der Waals surface area contributed by atoms with E-state index in [-0.39, 0.29) is 145 Å². The predicted octanol–water partition coefficient (Wildman–Crippen LogP) is -5.61. The second kappa shape index (κ2) is 11.6. The van der Waals surface area contributed by atoms with Crippen LogP contribution in [0.15, 0.2) is 16.6 Å². The van der Waals surface area contributed by atoms with Crippen molar-refractivity contribution in [1.82, 2.24) is 0 Å². The van der Waals surface area contributed by atoms with Gasteiger partial charge in [0.05, 0.1) is 5.02 Å². The van der Waals surface area contributed by atoms with Crippen LogP contribution in [-0.4, -0.2) is 12.9 Å². The number of ether oxygens (including phenoxy) is 2. The van der Waals surface area contributed by atoms with Crippen LogP contribution in [0.2, 0.25) is 5.02 Å². The summed E-state index contributed by atoms with van der Waals surface area (Å²) < 4.78 is 11.1. The van der Waals surface area contributed by atoms with E-state index in [0.717, 1.165) is 4.47 Å². The molecule has 0 bridgehead atoms. The van der Waals surface area contributed by atoms with Gasteiger partial charge in [-0.15, -0.1) is 0 Å². The Morgan fingerprint density at radius 1 is 1.29 bits per heavy atom. The van der Waals surface area contributed by atoms with Gasteiger partial charge < -0.3 is 24.5 Å². The molecule has 0 aliphatic carbocycles. The molecule has 5 nitrogen and oxygen atoms in total. The average Bonchev–Trinajstić information content (AvgIpc) is 2.50. The minimum absolute atomic E-state index is 0. The molecule has 0 amide bonds. The van der Waals surface area contributed by atoms with Crippen molar-refractivity contribution in [2.75, 3.05) is 6.79 Å². The molecule has 1 aliphatic rings. The Balaban J connectivity index is 0. The fourth-order valence-corrected chi connectivity index (χ4v) is 1.77. The fourth-order valence-electron chi connectivity index (χ4n) is 0.936. The third-order valence-corrected chi connectivity index (χ3v) is 2.13.